The number of ether oxygens (including phenoxy) is 1. The second-order valence-corrected chi connectivity index (χ2v) is 7.42. The maximum absolute atomic E-state index is 9.89. The van der Waals surface area contributed by atoms with E-state index in [0.717, 1.165) is 33.5 Å². The molecular formula is C23H22N4O. The van der Waals surface area contributed by atoms with Crippen LogP contribution in [-0.2, 0) is 0 Å². The van der Waals surface area contributed by atoms with Gasteiger partial charge in [-0.25, -0.2) is 0 Å². The molecule has 0 unspecified atom stereocenters. The second-order valence-electron chi connectivity index (χ2n) is 7.42. The molecule has 0 saturated heterocycles. The Labute approximate surface area is 164 Å². The van der Waals surface area contributed by atoms with E-state index in [2.05, 4.69) is 61.3 Å². The minimum absolute atomic E-state index is 0.112. The van der Waals surface area contributed by atoms with Gasteiger partial charge in [-0.15, -0.1) is 5.10 Å². The highest BCUT2D eigenvalue weighted by Crippen LogP contribution is 2.47. The number of aryl methyl sites for hydroxylation is 4. The minimum Gasteiger partial charge on any atom is -0.420 e. The predicted molar refractivity (Wildman–Crippen MR) is 109 cm³/mol. The Morgan fingerprint density at radius 3 is 2.25 bits per heavy atom. The van der Waals surface area contributed by atoms with Gasteiger partial charge in [0, 0.05) is 5.56 Å². The van der Waals surface area contributed by atoms with E-state index in [9.17, 15) is 5.26 Å². The van der Waals surface area contributed by atoms with Gasteiger partial charge in [0.15, 0.2) is 0 Å². The first-order valence-corrected chi connectivity index (χ1v) is 9.21. The molecule has 0 amide bonds. The molecule has 5 nitrogen and oxygen atoms in total. The molecule has 3 aromatic rings. The second kappa shape index (κ2) is 6.58. The van der Waals surface area contributed by atoms with Gasteiger partial charge in [0.2, 0.25) is 11.8 Å². The molecule has 4 rings (SSSR count). The number of H-pyrrole nitrogens is 1. The minimum atomic E-state index is -0.329. The zero-order valence-electron chi connectivity index (χ0n) is 16.4. The number of allylic oxidation sites excluding steroid dienone is 1. The van der Waals surface area contributed by atoms with Crippen molar-refractivity contribution < 1.29 is 4.74 Å². The van der Waals surface area contributed by atoms with Crippen molar-refractivity contribution in [1.29, 1.82) is 5.26 Å². The first-order chi connectivity index (χ1) is 13.4. The zero-order chi connectivity index (χ0) is 20.0. The van der Waals surface area contributed by atoms with Crippen LogP contribution in [-0.4, -0.2) is 10.2 Å². The van der Waals surface area contributed by atoms with Crippen molar-refractivity contribution in [2.24, 2.45) is 5.73 Å². The van der Waals surface area contributed by atoms with E-state index in [0.29, 0.717) is 11.5 Å². The standard InChI is InChI=1S/C23H22N4O/c1-12-5-7-16(8-6-12)21-20-19(18-14(3)9-13(2)10-15(18)4)17(11-24)22(25)28-23(20)27-26-21/h5-10,19H,25H2,1-4H3,(H,26,27)/t19-/m1/s1. The first-order valence-electron chi connectivity index (χ1n) is 9.21. The molecule has 0 bridgehead atoms. The molecular weight excluding hydrogens is 348 g/mol. The van der Waals surface area contributed by atoms with Crippen LogP contribution in [0.25, 0.3) is 11.3 Å². The summed E-state index contributed by atoms with van der Waals surface area (Å²) in [6.07, 6.45) is 0. The van der Waals surface area contributed by atoms with E-state index in [1.807, 2.05) is 19.1 Å². The summed E-state index contributed by atoms with van der Waals surface area (Å²) in [6.45, 7) is 8.26. The number of benzene rings is 2. The molecule has 28 heavy (non-hydrogen) atoms. The normalized spacial score (nSPS) is 15.8. The fourth-order valence-corrected chi connectivity index (χ4v) is 4.12. The molecule has 1 aliphatic heterocycles. The largest absolute Gasteiger partial charge is 0.420 e. The summed E-state index contributed by atoms with van der Waals surface area (Å²) in [5.41, 5.74) is 14.9. The van der Waals surface area contributed by atoms with E-state index in [-0.39, 0.29) is 11.8 Å². The lowest BCUT2D eigenvalue weighted by atomic mass is 9.79. The van der Waals surface area contributed by atoms with E-state index >= 15 is 0 Å². The maximum atomic E-state index is 9.89. The Bertz CT molecular complexity index is 1120. The lowest BCUT2D eigenvalue weighted by molar-refractivity contribution is 0.379. The number of rotatable bonds is 2. The number of aromatic nitrogens is 2. The number of nitrogens with zero attached hydrogens (tertiary/aromatic N) is 2. The van der Waals surface area contributed by atoms with Crippen molar-refractivity contribution in [3.63, 3.8) is 0 Å². The van der Waals surface area contributed by atoms with E-state index < -0.39 is 0 Å². The summed E-state index contributed by atoms with van der Waals surface area (Å²) in [4.78, 5) is 0. The molecule has 0 fully saturated rings. The van der Waals surface area contributed by atoms with Crippen LogP contribution < -0.4 is 10.5 Å². The van der Waals surface area contributed by atoms with Crippen molar-refractivity contribution in [2.45, 2.75) is 33.6 Å². The van der Waals surface area contributed by atoms with Gasteiger partial charge >= 0.3 is 0 Å². The summed E-state index contributed by atoms with van der Waals surface area (Å²) < 4.78 is 5.71. The van der Waals surface area contributed by atoms with Crippen molar-refractivity contribution in [2.75, 3.05) is 0 Å². The van der Waals surface area contributed by atoms with Crippen LogP contribution in [0.3, 0.4) is 0 Å². The van der Waals surface area contributed by atoms with Crippen LogP contribution in [0.5, 0.6) is 5.88 Å². The summed E-state index contributed by atoms with van der Waals surface area (Å²) >= 11 is 0. The van der Waals surface area contributed by atoms with Crippen molar-refractivity contribution in [3.05, 3.63) is 81.2 Å². The number of fused-ring (bicyclic) bond motifs is 1. The highest BCUT2D eigenvalue weighted by molar-refractivity contribution is 5.71. The van der Waals surface area contributed by atoms with Gasteiger partial charge < -0.3 is 10.5 Å². The highest BCUT2D eigenvalue weighted by Gasteiger charge is 2.37. The van der Waals surface area contributed by atoms with Gasteiger partial charge in [-0.05, 0) is 44.4 Å². The number of hydrogen-bond donors (Lipinski definition) is 2. The number of hydrogen-bond acceptors (Lipinski definition) is 4. The first kappa shape index (κ1) is 17.9. The number of nitriles is 1. The Morgan fingerprint density at radius 2 is 1.64 bits per heavy atom. The Morgan fingerprint density at radius 1 is 1.00 bits per heavy atom. The van der Waals surface area contributed by atoms with Crippen molar-refractivity contribution in [1.82, 2.24) is 10.2 Å². The van der Waals surface area contributed by atoms with Gasteiger partial charge in [0.1, 0.15) is 11.6 Å². The quantitative estimate of drug-likeness (QED) is 0.694. The molecule has 0 aliphatic carbocycles. The van der Waals surface area contributed by atoms with Crippen LogP contribution in [0.1, 0.15) is 39.3 Å². The smallest absolute Gasteiger partial charge is 0.244 e. The topological polar surface area (TPSA) is 87.7 Å². The lowest BCUT2D eigenvalue weighted by Crippen LogP contribution is -2.22. The Hall–Kier alpha value is -3.52. The molecule has 0 radical (unpaired) electrons. The SMILES string of the molecule is Cc1ccc(-c2[nH]nc3c2[C@@H](c2c(C)cc(C)cc2C)C(C#N)=C(N)O3)cc1. The molecule has 0 spiro atoms. The zero-order valence-corrected chi connectivity index (χ0v) is 16.4. The number of aromatic amines is 1. The summed E-state index contributed by atoms with van der Waals surface area (Å²) in [5, 5.41) is 17.3. The van der Waals surface area contributed by atoms with Crippen LogP contribution >= 0.6 is 0 Å². The molecule has 2 aromatic carbocycles. The predicted octanol–water partition coefficient (Wildman–Crippen LogP) is 4.53. The van der Waals surface area contributed by atoms with Gasteiger partial charge in [-0.1, -0.05) is 47.5 Å². The summed E-state index contributed by atoms with van der Waals surface area (Å²) in [6, 6.07) is 14.7. The van der Waals surface area contributed by atoms with E-state index in [1.165, 1.54) is 11.1 Å². The van der Waals surface area contributed by atoms with E-state index in [1.54, 1.807) is 0 Å². The number of nitrogens with two attached hydrogens (primary N) is 1. The monoisotopic (exact) mass is 370 g/mol. The van der Waals surface area contributed by atoms with Gasteiger partial charge in [0.05, 0.1) is 17.2 Å². The molecule has 3 N–H and O–H groups in total. The average Bonchev–Trinajstić information content (AvgIpc) is 3.04. The summed E-state index contributed by atoms with van der Waals surface area (Å²) in [7, 11) is 0. The molecule has 1 aliphatic rings. The lowest BCUT2D eigenvalue weighted by Gasteiger charge is -2.27. The molecule has 0 saturated carbocycles. The summed E-state index contributed by atoms with van der Waals surface area (Å²) in [5.74, 6) is 0.210. The third kappa shape index (κ3) is 2.74. The van der Waals surface area contributed by atoms with E-state index in [4.69, 9.17) is 10.5 Å². The molecule has 2 heterocycles. The van der Waals surface area contributed by atoms with Crippen LogP contribution in [0.4, 0.5) is 0 Å². The molecule has 1 aromatic heterocycles. The fraction of sp³-hybridized carbons (Fsp3) is 0.217. The molecule has 1 atom stereocenters. The van der Waals surface area contributed by atoms with Gasteiger partial charge in [-0.2, -0.15) is 5.26 Å². The van der Waals surface area contributed by atoms with Crippen LogP contribution in [0, 0.1) is 39.0 Å². The average molecular weight is 370 g/mol. The third-order valence-electron chi connectivity index (χ3n) is 5.31. The van der Waals surface area contributed by atoms with Crippen LogP contribution in [0.15, 0.2) is 47.9 Å². The molecule has 5 heteroatoms. The van der Waals surface area contributed by atoms with Gasteiger partial charge in [0.25, 0.3) is 0 Å². The maximum Gasteiger partial charge on any atom is 0.244 e. The Balaban J connectivity index is 2.01. The highest BCUT2D eigenvalue weighted by atomic mass is 16.5. The van der Waals surface area contributed by atoms with Crippen molar-refractivity contribution in [3.8, 4) is 23.2 Å². The van der Waals surface area contributed by atoms with Crippen molar-refractivity contribution >= 4 is 0 Å². The van der Waals surface area contributed by atoms with Gasteiger partial charge in [-0.3, -0.25) is 5.10 Å². The van der Waals surface area contributed by atoms with Crippen LogP contribution in [0.2, 0.25) is 0 Å². The fourth-order valence-electron chi connectivity index (χ4n) is 4.12. The number of nitrogens with one attached hydrogen (secondary N) is 1. The molecule has 140 valence electrons. The third-order valence-corrected chi connectivity index (χ3v) is 5.31. The Kier molecular flexibility index (Phi) is 4.20.